The molecule has 0 atom stereocenters. The van der Waals surface area contributed by atoms with E-state index >= 15 is 0 Å². The van der Waals surface area contributed by atoms with Crippen LogP contribution in [0.25, 0.3) is 0 Å². The molecule has 0 unspecified atom stereocenters. The van der Waals surface area contributed by atoms with E-state index in [2.05, 4.69) is 23.2 Å². The highest BCUT2D eigenvalue weighted by atomic mass is 16.6. The Kier molecular flexibility index (Phi) is 12.2. The van der Waals surface area contributed by atoms with E-state index < -0.39 is 18.0 Å². The van der Waals surface area contributed by atoms with E-state index in [0.29, 0.717) is 12.0 Å². The minimum atomic E-state index is -0.795. The second kappa shape index (κ2) is 13.5. The molecule has 0 fully saturated rings. The fourth-order valence-electron chi connectivity index (χ4n) is 1.39. The van der Waals surface area contributed by atoms with Gasteiger partial charge in [0.15, 0.2) is 0 Å². The molecule has 0 saturated heterocycles. The first-order valence-corrected chi connectivity index (χ1v) is 7.47. The molecule has 1 amide bonds. The Hall–Kier alpha value is -2.15. The molecule has 7 nitrogen and oxygen atoms in total. The van der Waals surface area contributed by atoms with Crippen LogP contribution in [0.15, 0.2) is 24.8 Å². The maximum absolute atomic E-state index is 11.3. The summed E-state index contributed by atoms with van der Waals surface area (Å²) in [4.78, 5) is 33.7. The number of unbranched alkanes of at least 4 members (excludes halogenated alkanes) is 2. The van der Waals surface area contributed by atoms with Crippen LogP contribution in [0.2, 0.25) is 0 Å². The minimum Gasteiger partial charge on any atom is -0.460 e. The molecule has 0 heterocycles. The van der Waals surface area contributed by atoms with Gasteiger partial charge in [-0.2, -0.15) is 0 Å². The van der Waals surface area contributed by atoms with Gasteiger partial charge in [-0.15, -0.1) is 6.58 Å². The molecule has 7 heteroatoms. The van der Waals surface area contributed by atoms with Gasteiger partial charge in [0, 0.05) is 18.5 Å². The summed E-state index contributed by atoms with van der Waals surface area (Å²) in [6, 6.07) is 0. The van der Waals surface area contributed by atoms with E-state index in [0.717, 1.165) is 12.8 Å². The summed E-state index contributed by atoms with van der Waals surface area (Å²) in [6.45, 7) is 9.31. The molecule has 0 aliphatic heterocycles. The zero-order valence-corrected chi connectivity index (χ0v) is 13.6. The Morgan fingerprint density at radius 1 is 1.13 bits per heavy atom. The smallest absolute Gasteiger partial charge is 0.414 e. The number of alkyl carbamates (subject to hydrolysis) is 1. The number of carbonyl (C=O) groups is 3. The standard InChI is InChI=1S/C16H25NO6/c1-4-5-6-7-8-14(18)23-16(20)17-9-10-21-11-12-22-15(19)13(2)3/h4H,1-2,5-12H2,3H3,(H,17,20). The first-order chi connectivity index (χ1) is 11.0. The first-order valence-electron chi connectivity index (χ1n) is 7.47. The zero-order chi connectivity index (χ0) is 17.5. The van der Waals surface area contributed by atoms with E-state index in [-0.39, 0.29) is 32.8 Å². The number of nitrogens with one attached hydrogen (secondary N) is 1. The summed E-state index contributed by atoms with van der Waals surface area (Å²) in [5, 5.41) is 2.39. The van der Waals surface area contributed by atoms with Crippen molar-refractivity contribution in [3.63, 3.8) is 0 Å². The molecule has 0 aromatic carbocycles. The molecule has 0 rings (SSSR count). The lowest BCUT2D eigenvalue weighted by molar-refractivity contribution is -0.140. The topological polar surface area (TPSA) is 90.9 Å². The molecule has 1 N–H and O–H groups in total. The molecule has 0 spiro atoms. The van der Waals surface area contributed by atoms with E-state index in [1.54, 1.807) is 13.0 Å². The molecule has 23 heavy (non-hydrogen) atoms. The van der Waals surface area contributed by atoms with Crippen LogP contribution in [0.5, 0.6) is 0 Å². The van der Waals surface area contributed by atoms with Gasteiger partial charge >= 0.3 is 18.0 Å². The van der Waals surface area contributed by atoms with Crippen molar-refractivity contribution in [3.05, 3.63) is 24.8 Å². The van der Waals surface area contributed by atoms with Gasteiger partial charge in [0.2, 0.25) is 0 Å². The van der Waals surface area contributed by atoms with Crippen molar-refractivity contribution in [1.82, 2.24) is 5.32 Å². The van der Waals surface area contributed by atoms with Crippen LogP contribution in [0.3, 0.4) is 0 Å². The molecular formula is C16H25NO6. The van der Waals surface area contributed by atoms with Crippen molar-refractivity contribution >= 4 is 18.0 Å². The highest BCUT2D eigenvalue weighted by Crippen LogP contribution is 2.01. The van der Waals surface area contributed by atoms with Gasteiger partial charge in [-0.3, -0.25) is 4.79 Å². The van der Waals surface area contributed by atoms with Crippen molar-refractivity contribution in [2.24, 2.45) is 0 Å². The molecule has 0 aliphatic carbocycles. The fraction of sp³-hybridized carbons (Fsp3) is 0.562. The molecule has 0 aliphatic rings. The second-order valence-corrected chi connectivity index (χ2v) is 4.75. The first kappa shape index (κ1) is 20.9. The Morgan fingerprint density at radius 3 is 2.52 bits per heavy atom. The third-order valence-electron chi connectivity index (χ3n) is 2.57. The number of esters is 2. The van der Waals surface area contributed by atoms with Crippen molar-refractivity contribution in [2.75, 3.05) is 26.4 Å². The third-order valence-corrected chi connectivity index (χ3v) is 2.57. The highest BCUT2D eigenvalue weighted by Gasteiger charge is 2.09. The summed E-state index contributed by atoms with van der Waals surface area (Å²) >= 11 is 0. The van der Waals surface area contributed by atoms with Crippen LogP contribution in [0.4, 0.5) is 4.79 Å². The number of carbonyl (C=O) groups excluding carboxylic acids is 3. The molecule has 0 aromatic heterocycles. The van der Waals surface area contributed by atoms with E-state index in [1.165, 1.54) is 0 Å². The summed E-state index contributed by atoms with van der Waals surface area (Å²) < 4.78 is 14.5. The lowest BCUT2D eigenvalue weighted by atomic mass is 10.2. The third kappa shape index (κ3) is 13.2. The molecule has 0 bridgehead atoms. The predicted molar refractivity (Wildman–Crippen MR) is 84.7 cm³/mol. The predicted octanol–water partition coefficient (Wildman–Crippen LogP) is 2.12. The van der Waals surface area contributed by atoms with Gasteiger partial charge in [-0.05, 0) is 26.2 Å². The molecule has 0 saturated carbocycles. The van der Waals surface area contributed by atoms with Gasteiger partial charge < -0.3 is 19.5 Å². The van der Waals surface area contributed by atoms with Crippen LogP contribution >= 0.6 is 0 Å². The Labute approximate surface area is 136 Å². The Balaban J connectivity index is 3.49. The van der Waals surface area contributed by atoms with E-state index in [1.807, 2.05) is 0 Å². The Bertz CT molecular complexity index is 419. The van der Waals surface area contributed by atoms with Gasteiger partial charge in [-0.1, -0.05) is 12.7 Å². The average molecular weight is 327 g/mol. The van der Waals surface area contributed by atoms with Crippen LogP contribution in [0, 0.1) is 0 Å². The van der Waals surface area contributed by atoms with Crippen LogP contribution in [-0.4, -0.2) is 44.4 Å². The number of amides is 1. The second-order valence-electron chi connectivity index (χ2n) is 4.75. The maximum Gasteiger partial charge on any atom is 0.414 e. The zero-order valence-electron chi connectivity index (χ0n) is 13.6. The van der Waals surface area contributed by atoms with Crippen LogP contribution < -0.4 is 5.32 Å². The average Bonchev–Trinajstić information content (AvgIpc) is 2.50. The lowest BCUT2D eigenvalue weighted by Gasteiger charge is -2.07. The normalized spacial score (nSPS) is 9.78. The lowest BCUT2D eigenvalue weighted by Crippen LogP contribution is -2.30. The van der Waals surface area contributed by atoms with Gasteiger partial charge in [-0.25, -0.2) is 9.59 Å². The van der Waals surface area contributed by atoms with E-state index in [4.69, 9.17) is 9.47 Å². The maximum atomic E-state index is 11.3. The molecule has 130 valence electrons. The van der Waals surface area contributed by atoms with Crippen molar-refractivity contribution < 1.29 is 28.6 Å². The summed E-state index contributed by atoms with van der Waals surface area (Å²) in [5.74, 6) is -1.03. The van der Waals surface area contributed by atoms with E-state index in [9.17, 15) is 14.4 Å². The molecule has 0 radical (unpaired) electrons. The summed E-state index contributed by atoms with van der Waals surface area (Å²) in [5.41, 5.74) is 0.323. The summed E-state index contributed by atoms with van der Waals surface area (Å²) in [7, 11) is 0. The Morgan fingerprint density at radius 2 is 1.87 bits per heavy atom. The number of ether oxygens (including phenoxy) is 3. The monoisotopic (exact) mass is 327 g/mol. The quantitative estimate of drug-likeness (QED) is 0.194. The largest absolute Gasteiger partial charge is 0.460 e. The molecule has 0 aromatic rings. The van der Waals surface area contributed by atoms with Gasteiger partial charge in [0.1, 0.15) is 6.61 Å². The SMILES string of the molecule is C=CCCCCC(=O)OC(=O)NCCOCCOC(=O)C(=C)C. The number of allylic oxidation sites excluding steroid dienone is 1. The summed E-state index contributed by atoms with van der Waals surface area (Å²) in [6.07, 6.45) is 3.51. The highest BCUT2D eigenvalue weighted by molar-refractivity contribution is 5.86. The minimum absolute atomic E-state index is 0.110. The van der Waals surface area contributed by atoms with Gasteiger partial charge in [0.05, 0.1) is 13.2 Å². The van der Waals surface area contributed by atoms with Gasteiger partial charge in [0.25, 0.3) is 0 Å². The fourth-order valence-corrected chi connectivity index (χ4v) is 1.39. The molecular weight excluding hydrogens is 302 g/mol. The van der Waals surface area contributed by atoms with Crippen molar-refractivity contribution in [2.45, 2.75) is 32.6 Å². The van der Waals surface area contributed by atoms with Crippen LogP contribution in [-0.2, 0) is 23.8 Å². The number of hydrogen-bond acceptors (Lipinski definition) is 6. The van der Waals surface area contributed by atoms with Crippen molar-refractivity contribution in [3.8, 4) is 0 Å². The number of rotatable bonds is 12. The number of hydrogen-bond donors (Lipinski definition) is 1. The van der Waals surface area contributed by atoms with Crippen molar-refractivity contribution in [1.29, 1.82) is 0 Å². The van der Waals surface area contributed by atoms with Crippen LogP contribution in [0.1, 0.15) is 32.6 Å².